The van der Waals surface area contributed by atoms with Crippen molar-refractivity contribution >= 4 is 105 Å². The third-order valence-corrected chi connectivity index (χ3v) is 20.9. The van der Waals surface area contributed by atoms with Crippen LogP contribution in [0.25, 0.3) is 55.0 Å². The van der Waals surface area contributed by atoms with Crippen LogP contribution in [0.1, 0.15) is 47.2 Å². The second-order valence-corrected chi connectivity index (χ2v) is 34.0. The van der Waals surface area contributed by atoms with E-state index in [1.54, 1.807) is 0 Å². The van der Waals surface area contributed by atoms with Crippen LogP contribution in [0.5, 0.6) is 0 Å². The Morgan fingerprint density at radius 2 is 0.692 bits per heavy atom. The number of hydrogen-bond acceptors (Lipinski definition) is 4. The molecule has 78 heavy (non-hydrogen) atoms. The van der Waals surface area contributed by atoms with Gasteiger partial charge in [0.15, 0.2) is 11.2 Å². The van der Waals surface area contributed by atoms with Gasteiger partial charge in [-0.1, -0.05) is 174 Å². The summed E-state index contributed by atoms with van der Waals surface area (Å²) in [5, 5.41) is 6.78. The number of para-hydroxylation sites is 4. The normalized spacial score (nSPS) is 14.2. The van der Waals surface area contributed by atoms with E-state index in [0.29, 0.717) is 0 Å². The van der Waals surface area contributed by atoms with Crippen LogP contribution >= 0.6 is 0 Å². The van der Waals surface area contributed by atoms with Crippen LogP contribution < -0.4 is 20.2 Å². The van der Waals surface area contributed by atoms with Crippen molar-refractivity contribution in [3.63, 3.8) is 0 Å². The van der Waals surface area contributed by atoms with Gasteiger partial charge in [-0.15, -0.1) is 0 Å². The number of fused-ring (bicyclic) bond motifs is 15. The molecule has 0 atom stereocenters. The minimum absolute atomic E-state index is 0.305. The van der Waals surface area contributed by atoms with Crippen LogP contribution in [-0.4, -0.2) is 16.1 Å². The minimum Gasteiger partial charge on any atom is -0.454 e. The molecule has 0 aliphatic heterocycles. The highest BCUT2D eigenvalue weighted by atomic mass is 28.3. The summed E-state index contributed by atoms with van der Waals surface area (Å²) in [5.74, 6) is -0.611. The highest BCUT2D eigenvalue weighted by Gasteiger charge is 2.54. The summed E-state index contributed by atoms with van der Waals surface area (Å²) in [4.78, 5) is 4.48. The van der Waals surface area contributed by atoms with E-state index in [9.17, 15) is 0 Å². The van der Waals surface area contributed by atoms with Gasteiger partial charge in [-0.05, 0) is 140 Å². The molecule has 0 saturated carbocycles. The Hall–Kier alpha value is -8.31. The smallest absolute Gasteiger partial charge is 0.159 e. The first-order valence-electron chi connectivity index (χ1n) is 27.0. The van der Waals surface area contributed by atoms with Gasteiger partial charge in [-0.3, -0.25) is 0 Å². The van der Waals surface area contributed by atoms with Gasteiger partial charge < -0.3 is 18.6 Å². The predicted octanol–water partition coefficient (Wildman–Crippen LogP) is 18.8. The highest BCUT2D eigenvalue weighted by molar-refractivity contribution is 6.90. The molecule has 382 valence electrons. The molecular weight excluding hydrogens is 995 g/mol. The summed E-state index contributed by atoms with van der Waals surface area (Å²) in [7, 11) is -3.65. The molecule has 0 radical (unpaired) electrons. The quantitative estimate of drug-likeness (QED) is 0.142. The van der Waals surface area contributed by atoms with E-state index in [2.05, 4.69) is 221 Å². The van der Waals surface area contributed by atoms with Crippen LogP contribution in [0.2, 0.25) is 39.3 Å². The van der Waals surface area contributed by atoms with Gasteiger partial charge in [0.1, 0.15) is 22.8 Å². The first-order chi connectivity index (χ1) is 37.5. The first kappa shape index (κ1) is 48.1. The molecule has 1 spiro atoms. The minimum atomic E-state index is -1.82. The van der Waals surface area contributed by atoms with E-state index in [1.165, 1.54) is 56.9 Å². The van der Waals surface area contributed by atoms with Crippen LogP contribution in [0.15, 0.2) is 215 Å². The van der Waals surface area contributed by atoms with Gasteiger partial charge >= 0.3 is 0 Å². The summed E-state index contributed by atoms with van der Waals surface area (Å²) in [6.45, 7) is 18.8. The molecule has 10 aromatic carbocycles. The molecule has 8 heteroatoms. The number of benzene rings is 10. The maximum absolute atomic E-state index is 15.1. The topological polar surface area (TPSA) is 32.8 Å². The van der Waals surface area contributed by atoms with Crippen molar-refractivity contribution in [2.75, 3.05) is 9.80 Å². The molecule has 2 aromatic heterocycles. The van der Waals surface area contributed by atoms with Crippen molar-refractivity contribution in [3.8, 4) is 11.1 Å². The SMILES string of the molecule is CC1(C)c2ccccc2C2(c3cc(N(c4ccc(F)cc4)c4cccc5c4oc4c([Si](C)(C)C)cccc45)ccc3-c3ccc(N(c4ccc(F)cc4)c4cccc5c4oc4c([Si](C)(C)C)cccc45)cc32)c2ccccc21. The van der Waals surface area contributed by atoms with Crippen molar-refractivity contribution in [2.24, 2.45) is 0 Å². The Bertz CT molecular complexity index is 4140. The van der Waals surface area contributed by atoms with E-state index in [0.717, 1.165) is 100 Å². The van der Waals surface area contributed by atoms with Gasteiger partial charge in [0.25, 0.3) is 0 Å². The molecule has 2 aliphatic rings. The Morgan fingerprint density at radius 1 is 0.346 bits per heavy atom. The average molecular weight is 1050 g/mol. The molecule has 0 saturated heterocycles. The number of furan rings is 2. The summed E-state index contributed by atoms with van der Waals surface area (Å²) in [6.07, 6.45) is 0. The standard InChI is InChI=1S/C70H58F2N2O2Si2/c1-69(2)55-21-9-11-23-57(55)70(58-24-12-10-22-56(58)69)59-41-47(73(45-33-29-43(71)30-34-45)61-25-13-17-51-53-19-15-27-63(77(3,4)5)67(53)75-65(51)61)37-39-49(59)50-40-38-48(42-60(50)70)74(46-35-31-44(72)32-36-46)62-26-14-18-52-54-20-16-28-64(78(6,7)8)68(54)76-66(52)62/h9-42H,1-8H3. The average Bonchev–Trinajstić information content (AvgIpc) is 2.97. The third kappa shape index (κ3) is 6.98. The highest BCUT2D eigenvalue weighted by Crippen LogP contribution is 2.64. The molecule has 0 fully saturated rings. The summed E-state index contributed by atoms with van der Waals surface area (Å²) < 4.78 is 44.4. The molecule has 2 heterocycles. The molecule has 12 aromatic rings. The lowest BCUT2D eigenvalue weighted by molar-refractivity contribution is 0.563. The van der Waals surface area contributed by atoms with Gasteiger partial charge in [0, 0.05) is 49.7 Å². The van der Waals surface area contributed by atoms with Crippen LogP contribution in [0, 0.1) is 11.6 Å². The maximum atomic E-state index is 15.1. The Labute approximate surface area is 455 Å². The Balaban J connectivity index is 1.05. The Kier molecular flexibility index (Phi) is 10.5. The summed E-state index contributed by atoms with van der Waals surface area (Å²) in [6, 6.07) is 71.2. The van der Waals surface area contributed by atoms with Crippen LogP contribution in [-0.2, 0) is 10.8 Å². The maximum Gasteiger partial charge on any atom is 0.159 e. The van der Waals surface area contributed by atoms with Gasteiger partial charge in [-0.2, -0.15) is 0 Å². The van der Waals surface area contributed by atoms with Crippen LogP contribution in [0.3, 0.4) is 0 Å². The lowest BCUT2D eigenvalue weighted by atomic mass is 9.55. The zero-order chi connectivity index (χ0) is 53.6. The molecule has 4 nitrogen and oxygen atoms in total. The summed E-state index contributed by atoms with van der Waals surface area (Å²) in [5.41, 5.74) is 16.8. The number of rotatable bonds is 8. The lowest BCUT2D eigenvalue weighted by Crippen LogP contribution is -2.40. The number of hydrogen-bond donors (Lipinski definition) is 0. The van der Waals surface area contributed by atoms with Gasteiger partial charge in [0.2, 0.25) is 0 Å². The fourth-order valence-corrected chi connectivity index (χ4v) is 16.3. The van der Waals surface area contributed by atoms with E-state index in [4.69, 9.17) is 8.83 Å². The predicted molar refractivity (Wildman–Crippen MR) is 326 cm³/mol. The number of nitrogens with zero attached hydrogens (tertiary/aromatic N) is 2. The Morgan fingerprint density at radius 3 is 1.08 bits per heavy atom. The first-order valence-corrected chi connectivity index (χ1v) is 34.0. The summed E-state index contributed by atoms with van der Waals surface area (Å²) >= 11 is 0. The number of halogens is 2. The molecular formula is C70H58F2N2O2Si2. The molecule has 2 aliphatic carbocycles. The van der Waals surface area contributed by atoms with E-state index >= 15 is 8.78 Å². The fraction of sp³-hybridized carbons (Fsp3) is 0.143. The molecule has 0 N–H and O–H groups in total. The van der Waals surface area contributed by atoms with Crippen LogP contribution in [0.4, 0.5) is 42.9 Å². The zero-order valence-electron chi connectivity index (χ0n) is 45.1. The van der Waals surface area contributed by atoms with E-state index in [1.807, 2.05) is 24.3 Å². The lowest BCUT2D eigenvalue weighted by Gasteiger charge is -2.47. The zero-order valence-corrected chi connectivity index (χ0v) is 47.1. The monoisotopic (exact) mass is 1050 g/mol. The van der Waals surface area contributed by atoms with Crippen molar-refractivity contribution in [1.29, 1.82) is 0 Å². The number of anilines is 6. The van der Waals surface area contributed by atoms with Crippen molar-refractivity contribution in [2.45, 2.75) is 64.0 Å². The van der Waals surface area contributed by atoms with Crippen molar-refractivity contribution in [1.82, 2.24) is 0 Å². The van der Waals surface area contributed by atoms with Crippen molar-refractivity contribution in [3.05, 3.63) is 251 Å². The van der Waals surface area contributed by atoms with Gasteiger partial charge in [-0.25, -0.2) is 8.78 Å². The second-order valence-electron chi connectivity index (χ2n) is 23.9. The fourth-order valence-electron chi connectivity index (χ4n) is 13.3. The molecule has 0 unspecified atom stereocenters. The molecule has 0 bridgehead atoms. The van der Waals surface area contributed by atoms with E-state index < -0.39 is 21.6 Å². The van der Waals surface area contributed by atoms with Gasteiger partial charge in [0.05, 0.1) is 32.9 Å². The molecule has 14 rings (SSSR count). The largest absolute Gasteiger partial charge is 0.454 e. The molecule has 0 amide bonds. The van der Waals surface area contributed by atoms with E-state index in [-0.39, 0.29) is 17.0 Å². The third-order valence-electron chi connectivity index (χ3n) is 16.9. The van der Waals surface area contributed by atoms with Crippen molar-refractivity contribution < 1.29 is 17.6 Å². The second kappa shape index (κ2) is 17.1.